The van der Waals surface area contributed by atoms with Gasteiger partial charge >= 0.3 is 5.97 Å². The summed E-state index contributed by atoms with van der Waals surface area (Å²) in [6.45, 7) is 2.04. The van der Waals surface area contributed by atoms with Gasteiger partial charge in [0, 0.05) is 6.42 Å². The Balaban J connectivity index is 2.58. The van der Waals surface area contributed by atoms with E-state index in [1.807, 2.05) is 19.1 Å². The van der Waals surface area contributed by atoms with E-state index in [0.29, 0.717) is 6.42 Å². The fourth-order valence-electron chi connectivity index (χ4n) is 1.63. The number of aryl methyl sites for hydroxylation is 2. The number of hydrogen-bond acceptors (Lipinski definition) is 3. The average Bonchev–Trinajstić information content (AvgIpc) is 2.29. The van der Waals surface area contributed by atoms with E-state index < -0.39 is 0 Å². The summed E-state index contributed by atoms with van der Waals surface area (Å²) >= 11 is 0. The zero-order valence-corrected chi connectivity index (χ0v) is 10.1. The lowest BCUT2D eigenvalue weighted by Gasteiger charge is -2.08. The molecule has 0 spiro atoms. The Bertz CT molecular complexity index is 358. The van der Waals surface area contributed by atoms with Crippen LogP contribution in [0.1, 0.15) is 24.0 Å². The number of hydrogen-bond donors (Lipinski definition) is 0. The molecule has 1 aromatic carbocycles. The van der Waals surface area contributed by atoms with Gasteiger partial charge in [-0.1, -0.05) is 17.7 Å². The molecule has 0 aliphatic carbocycles. The van der Waals surface area contributed by atoms with Crippen LogP contribution in [0.5, 0.6) is 5.75 Å². The highest BCUT2D eigenvalue weighted by molar-refractivity contribution is 5.69. The smallest absolute Gasteiger partial charge is 0.305 e. The molecular formula is C13H18O3. The summed E-state index contributed by atoms with van der Waals surface area (Å²) in [5.41, 5.74) is 2.35. The molecule has 0 aliphatic heterocycles. The molecule has 0 bridgehead atoms. The molecule has 3 nitrogen and oxygen atoms in total. The Kier molecular flexibility index (Phi) is 4.83. The van der Waals surface area contributed by atoms with E-state index in [1.54, 1.807) is 7.11 Å². The fraction of sp³-hybridized carbons (Fsp3) is 0.462. The molecule has 3 heteroatoms. The number of ether oxygens (including phenoxy) is 2. The minimum absolute atomic E-state index is 0.161. The second kappa shape index (κ2) is 6.16. The number of carbonyl (C=O) groups is 1. The highest BCUT2D eigenvalue weighted by atomic mass is 16.5. The summed E-state index contributed by atoms with van der Waals surface area (Å²) in [5, 5.41) is 0. The molecule has 0 unspecified atom stereocenters. The SMILES string of the molecule is COC(=O)CCCc1cc(C)ccc1OC. The number of esters is 1. The van der Waals surface area contributed by atoms with Crippen LogP contribution < -0.4 is 4.74 Å². The van der Waals surface area contributed by atoms with Crippen LogP contribution in [0.4, 0.5) is 0 Å². The van der Waals surface area contributed by atoms with E-state index in [4.69, 9.17) is 4.74 Å². The standard InChI is InChI=1S/C13H18O3/c1-10-7-8-12(15-2)11(9-10)5-4-6-13(14)16-3/h7-9H,4-6H2,1-3H3. The van der Waals surface area contributed by atoms with E-state index in [1.165, 1.54) is 12.7 Å². The van der Waals surface area contributed by atoms with Crippen molar-refractivity contribution in [2.75, 3.05) is 14.2 Å². The second-order valence-electron chi connectivity index (χ2n) is 3.74. The first-order chi connectivity index (χ1) is 7.67. The second-order valence-corrected chi connectivity index (χ2v) is 3.74. The summed E-state index contributed by atoms with van der Waals surface area (Å²) in [7, 11) is 3.07. The van der Waals surface area contributed by atoms with Gasteiger partial charge in [0.15, 0.2) is 0 Å². The topological polar surface area (TPSA) is 35.5 Å². The van der Waals surface area contributed by atoms with Gasteiger partial charge in [0.05, 0.1) is 14.2 Å². The van der Waals surface area contributed by atoms with Gasteiger partial charge in [-0.15, -0.1) is 0 Å². The van der Waals surface area contributed by atoms with Gasteiger partial charge < -0.3 is 9.47 Å². The monoisotopic (exact) mass is 222 g/mol. The van der Waals surface area contributed by atoms with E-state index >= 15 is 0 Å². The number of carbonyl (C=O) groups excluding carboxylic acids is 1. The summed E-state index contributed by atoms with van der Waals surface area (Å²) < 4.78 is 9.87. The summed E-state index contributed by atoms with van der Waals surface area (Å²) in [4.78, 5) is 11.0. The number of rotatable bonds is 5. The van der Waals surface area contributed by atoms with E-state index in [0.717, 1.165) is 24.2 Å². The Morgan fingerprint density at radius 3 is 2.69 bits per heavy atom. The lowest BCUT2D eigenvalue weighted by Crippen LogP contribution is -2.01. The molecule has 0 aromatic heterocycles. The van der Waals surface area contributed by atoms with Crippen molar-refractivity contribution < 1.29 is 14.3 Å². The average molecular weight is 222 g/mol. The number of benzene rings is 1. The number of methoxy groups -OCH3 is 2. The summed E-state index contributed by atoms with van der Waals surface area (Å²) in [6.07, 6.45) is 2.07. The quantitative estimate of drug-likeness (QED) is 0.718. The van der Waals surface area contributed by atoms with Gasteiger partial charge in [0.1, 0.15) is 5.75 Å². The normalized spacial score (nSPS) is 9.94. The Morgan fingerprint density at radius 1 is 1.31 bits per heavy atom. The minimum atomic E-state index is -0.161. The Morgan fingerprint density at radius 2 is 2.06 bits per heavy atom. The van der Waals surface area contributed by atoms with Gasteiger partial charge in [-0.05, 0) is 31.4 Å². The van der Waals surface area contributed by atoms with Crippen molar-refractivity contribution in [2.45, 2.75) is 26.2 Å². The third-order valence-electron chi connectivity index (χ3n) is 2.49. The molecule has 16 heavy (non-hydrogen) atoms. The molecule has 0 aliphatic rings. The molecule has 0 amide bonds. The van der Waals surface area contributed by atoms with Crippen LogP contribution in [-0.2, 0) is 16.0 Å². The molecule has 0 N–H and O–H groups in total. The molecular weight excluding hydrogens is 204 g/mol. The van der Waals surface area contributed by atoms with Crippen LogP contribution >= 0.6 is 0 Å². The predicted molar refractivity (Wildman–Crippen MR) is 62.7 cm³/mol. The zero-order chi connectivity index (χ0) is 12.0. The molecule has 1 rings (SSSR count). The molecule has 88 valence electrons. The van der Waals surface area contributed by atoms with Crippen LogP contribution in [0.25, 0.3) is 0 Å². The Hall–Kier alpha value is -1.51. The highest BCUT2D eigenvalue weighted by Gasteiger charge is 2.05. The van der Waals surface area contributed by atoms with E-state index in [2.05, 4.69) is 10.8 Å². The third kappa shape index (κ3) is 3.57. The molecule has 0 saturated heterocycles. The van der Waals surface area contributed by atoms with Crippen LogP contribution in [-0.4, -0.2) is 20.2 Å². The molecule has 0 fully saturated rings. The van der Waals surface area contributed by atoms with E-state index in [9.17, 15) is 4.79 Å². The first-order valence-corrected chi connectivity index (χ1v) is 5.37. The molecule has 1 aromatic rings. The zero-order valence-electron chi connectivity index (χ0n) is 10.1. The van der Waals surface area contributed by atoms with Crippen molar-refractivity contribution in [1.82, 2.24) is 0 Å². The fourth-order valence-corrected chi connectivity index (χ4v) is 1.63. The summed E-state index contributed by atoms with van der Waals surface area (Å²) in [6, 6.07) is 6.07. The van der Waals surface area contributed by atoms with Gasteiger partial charge in [0.2, 0.25) is 0 Å². The van der Waals surface area contributed by atoms with Crippen molar-refractivity contribution in [3.05, 3.63) is 29.3 Å². The van der Waals surface area contributed by atoms with Gasteiger partial charge in [-0.25, -0.2) is 0 Å². The van der Waals surface area contributed by atoms with Crippen molar-refractivity contribution in [3.8, 4) is 5.75 Å². The first-order valence-electron chi connectivity index (χ1n) is 5.37. The van der Waals surface area contributed by atoms with Gasteiger partial charge in [0.25, 0.3) is 0 Å². The maximum Gasteiger partial charge on any atom is 0.305 e. The third-order valence-corrected chi connectivity index (χ3v) is 2.49. The predicted octanol–water partition coefficient (Wildman–Crippen LogP) is 2.50. The maximum absolute atomic E-state index is 11.0. The minimum Gasteiger partial charge on any atom is -0.496 e. The van der Waals surface area contributed by atoms with Crippen LogP contribution in [0, 0.1) is 6.92 Å². The van der Waals surface area contributed by atoms with Gasteiger partial charge in [-0.2, -0.15) is 0 Å². The van der Waals surface area contributed by atoms with E-state index in [-0.39, 0.29) is 5.97 Å². The van der Waals surface area contributed by atoms with Gasteiger partial charge in [-0.3, -0.25) is 4.79 Å². The maximum atomic E-state index is 11.0. The van der Waals surface area contributed by atoms with Crippen LogP contribution in [0.2, 0.25) is 0 Å². The van der Waals surface area contributed by atoms with Crippen molar-refractivity contribution in [2.24, 2.45) is 0 Å². The van der Waals surface area contributed by atoms with Crippen molar-refractivity contribution in [3.63, 3.8) is 0 Å². The lowest BCUT2D eigenvalue weighted by atomic mass is 10.0. The highest BCUT2D eigenvalue weighted by Crippen LogP contribution is 2.21. The molecule has 0 heterocycles. The molecule has 0 radical (unpaired) electrons. The van der Waals surface area contributed by atoms with Crippen LogP contribution in [0.3, 0.4) is 0 Å². The summed E-state index contributed by atoms with van der Waals surface area (Å²) in [5.74, 6) is 0.724. The van der Waals surface area contributed by atoms with Crippen LogP contribution in [0.15, 0.2) is 18.2 Å². The first kappa shape index (κ1) is 12.6. The van der Waals surface area contributed by atoms with Crippen molar-refractivity contribution >= 4 is 5.97 Å². The lowest BCUT2D eigenvalue weighted by molar-refractivity contribution is -0.140. The molecule has 0 atom stereocenters. The largest absolute Gasteiger partial charge is 0.496 e. The van der Waals surface area contributed by atoms with Crippen molar-refractivity contribution in [1.29, 1.82) is 0 Å². The Labute approximate surface area is 96.4 Å². The molecule has 0 saturated carbocycles.